The lowest BCUT2D eigenvalue weighted by Gasteiger charge is -2.16. The Morgan fingerprint density at radius 1 is 1.00 bits per heavy atom. The van der Waals surface area contributed by atoms with Gasteiger partial charge in [-0.05, 0) is 61.6 Å². The van der Waals surface area contributed by atoms with Gasteiger partial charge in [-0.25, -0.2) is 4.39 Å². The molecule has 100 valence electrons. The highest BCUT2D eigenvalue weighted by Crippen LogP contribution is 2.22. The first-order chi connectivity index (χ1) is 8.97. The number of hydrogen-bond donors (Lipinski definition) is 1. The maximum Gasteiger partial charge on any atom is 0.123 e. The Hall–Kier alpha value is -1.67. The number of hydrogen-bond acceptors (Lipinski definition) is 1. The minimum Gasteiger partial charge on any atom is -0.324 e. The predicted molar refractivity (Wildman–Crippen MR) is 77.7 cm³/mol. The molecule has 1 atom stereocenters. The normalized spacial score (nSPS) is 12.5. The van der Waals surface area contributed by atoms with Crippen LogP contribution in [0.25, 0.3) is 0 Å². The van der Waals surface area contributed by atoms with Crippen molar-refractivity contribution in [3.63, 3.8) is 0 Å². The van der Waals surface area contributed by atoms with Crippen molar-refractivity contribution in [1.29, 1.82) is 0 Å². The molecule has 1 nitrogen and oxygen atoms in total. The first kappa shape index (κ1) is 13.8. The molecule has 0 amide bonds. The van der Waals surface area contributed by atoms with Crippen LogP contribution < -0.4 is 5.73 Å². The SMILES string of the molecule is Cc1ccc(C)c(CC(N)c2cc(F)ccc2C)c1. The second-order valence-electron chi connectivity index (χ2n) is 5.24. The largest absolute Gasteiger partial charge is 0.324 e. The van der Waals surface area contributed by atoms with E-state index in [1.165, 1.54) is 22.8 Å². The zero-order valence-corrected chi connectivity index (χ0v) is 11.7. The fraction of sp³-hybridized carbons (Fsp3) is 0.294. The first-order valence-electron chi connectivity index (χ1n) is 6.55. The Balaban J connectivity index is 2.27. The van der Waals surface area contributed by atoms with E-state index in [2.05, 4.69) is 32.0 Å². The Labute approximate surface area is 114 Å². The minimum absolute atomic E-state index is 0.170. The fourth-order valence-corrected chi connectivity index (χ4v) is 2.38. The molecule has 0 aliphatic heterocycles. The summed E-state index contributed by atoms with van der Waals surface area (Å²) in [5.41, 5.74) is 11.9. The third-order valence-electron chi connectivity index (χ3n) is 3.59. The van der Waals surface area contributed by atoms with E-state index in [0.717, 1.165) is 17.5 Å². The van der Waals surface area contributed by atoms with Crippen LogP contribution in [-0.4, -0.2) is 0 Å². The molecule has 0 aliphatic carbocycles. The van der Waals surface area contributed by atoms with Crippen LogP contribution in [-0.2, 0) is 6.42 Å². The summed E-state index contributed by atoms with van der Waals surface area (Å²) in [4.78, 5) is 0. The van der Waals surface area contributed by atoms with Gasteiger partial charge in [0.1, 0.15) is 5.82 Å². The van der Waals surface area contributed by atoms with E-state index < -0.39 is 0 Å². The monoisotopic (exact) mass is 257 g/mol. The molecule has 0 saturated carbocycles. The summed E-state index contributed by atoms with van der Waals surface area (Å²) >= 11 is 0. The van der Waals surface area contributed by atoms with Crippen molar-refractivity contribution in [3.8, 4) is 0 Å². The Kier molecular flexibility index (Phi) is 4.01. The van der Waals surface area contributed by atoms with Crippen molar-refractivity contribution in [3.05, 3.63) is 70.0 Å². The van der Waals surface area contributed by atoms with Crippen molar-refractivity contribution < 1.29 is 4.39 Å². The molecule has 0 aromatic heterocycles. The smallest absolute Gasteiger partial charge is 0.123 e. The Morgan fingerprint density at radius 2 is 1.68 bits per heavy atom. The van der Waals surface area contributed by atoms with Crippen molar-refractivity contribution in [2.45, 2.75) is 33.2 Å². The van der Waals surface area contributed by atoms with Crippen molar-refractivity contribution in [2.24, 2.45) is 5.73 Å². The highest BCUT2D eigenvalue weighted by atomic mass is 19.1. The minimum atomic E-state index is -0.225. The van der Waals surface area contributed by atoms with Gasteiger partial charge in [0.25, 0.3) is 0 Å². The lowest BCUT2D eigenvalue weighted by Crippen LogP contribution is -2.15. The van der Waals surface area contributed by atoms with Crippen LogP contribution >= 0.6 is 0 Å². The summed E-state index contributed by atoms with van der Waals surface area (Å²) < 4.78 is 13.3. The molecule has 0 heterocycles. The third-order valence-corrected chi connectivity index (χ3v) is 3.59. The quantitative estimate of drug-likeness (QED) is 0.884. The van der Waals surface area contributed by atoms with Crippen LogP contribution in [0.3, 0.4) is 0 Å². The molecule has 19 heavy (non-hydrogen) atoms. The second-order valence-corrected chi connectivity index (χ2v) is 5.24. The molecule has 0 radical (unpaired) electrons. The van der Waals surface area contributed by atoms with Crippen LogP contribution in [0.5, 0.6) is 0 Å². The van der Waals surface area contributed by atoms with Crippen LogP contribution in [0.2, 0.25) is 0 Å². The average molecular weight is 257 g/mol. The fourth-order valence-electron chi connectivity index (χ4n) is 2.38. The van der Waals surface area contributed by atoms with Gasteiger partial charge in [-0.1, -0.05) is 29.8 Å². The summed E-state index contributed by atoms with van der Waals surface area (Å²) in [6.45, 7) is 6.12. The Morgan fingerprint density at radius 3 is 2.42 bits per heavy atom. The van der Waals surface area contributed by atoms with Gasteiger partial charge in [0, 0.05) is 6.04 Å². The summed E-state index contributed by atoms with van der Waals surface area (Å²) in [6.07, 6.45) is 0.734. The van der Waals surface area contributed by atoms with E-state index in [0.29, 0.717) is 0 Å². The predicted octanol–water partition coefficient (Wildman–Crippen LogP) is 3.99. The zero-order valence-electron chi connectivity index (χ0n) is 11.7. The van der Waals surface area contributed by atoms with Crippen LogP contribution in [0, 0.1) is 26.6 Å². The number of benzene rings is 2. The van der Waals surface area contributed by atoms with E-state index in [-0.39, 0.29) is 11.9 Å². The van der Waals surface area contributed by atoms with E-state index in [4.69, 9.17) is 5.73 Å². The maximum absolute atomic E-state index is 13.3. The molecular formula is C17H20FN. The molecular weight excluding hydrogens is 237 g/mol. The van der Waals surface area contributed by atoms with Crippen molar-refractivity contribution in [2.75, 3.05) is 0 Å². The van der Waals surface area contributed by atoms with Gasteiger partial charge in [0.15, 0.2) is 0 Å². The number of aryl methyl sites for hydroxylation is 3. The van der Waals surface area contributed by atoms with Gasteiger partial charge in [0.05, 0.1) is 0 Å². The van der Waals surface area contributed by atoms with E-state index >= 15 is 0 Å². The molecule has 0 spiro atoms. The summed E-state index contributed by atoms with van der Waals surface area (Å²) in [6, 6.07) is 11.0. The van der Waals surface area contributed by atoms with Gasteiger partial charge in [0.2, 0.25) is 0 Å². The summed E-state index contributed by atoms with van der Waals surface area (Å²) in [5, 5.41) is 0. The molecule has 2 aromatic carbocycles. The molecule has 1 unspecified atom stereocenters. The van der Waals surface area contributed by atoms with Gasteiger partial charge in [-0.2, -0.15) is 0 Å². The topological polar surface area (TPSA) is 26.0 Å². The highest BCUT2D eigenvalue weighted by molar-refractivity contribution is 5.35. The number of nitrogens with two attached hydrogens (primary N) is 1. The standard InChI is InChI=1S/C17H20FN/c1-11-4-5-12(2)14(8-11)9-17(19)16-10-15(18)7-6-13(16)3/h4-8,10,17H,9,19H2,1-3H3. The van der Waals surface area contributed by atoms with E-state index in [1.54, 1.807) is 12.1 Å². The van der Waals surface area contributed by atoms with Crippen molar-refractivity contribution in [1.82, 2.24) is 0 Å². The molecule has 2 heteroatoms. The van der Waals surface area contributed by atoms with Crippen LogP contribution in [0.1, 0.15) is 33.9 Å². The van der Waals surface area contributed by atoms with Gasteiger partial charge in [-0.15, -0.1) is 0 Å². The Bertz CT molecular complexity index is 590. The first-order valence-corrected chi connectivity index (χ1v) is 6.55. The third kappa shape index (κ3) is 3.21. The highest BCUT2D eigenvalue weighted by Gasteiger charge is 2.12. The lowest BCUT2D eigenvalue weighted by atomic mass is 9.93. The van der Waals surface area contributed by atoms with Crippen molar-refractivity contribution >= 4 is 0 Å². The molecule has 0 fully saturated rings. The lowest BCUT2D eigenvalue weighted by molar-refractivity contribution is 0.617. The van der Waals surface area contributed by atoms with Gasteiger partial charge in [-0.3, -0.25) is 0 Å². The molecule has 0 bridgehead atoms. The second kappa shape index (κ2) is 5.54. The summed E-state index contributed by atoms with van der Waals surface area (Å²) in [5.74, 6) is -0.225. The molecule has 0 saturated heterocycles. The van der Waals surface area contributed by atoms with E-state index in [9.17, 15) is 4.39 Å². The molecule has 2 N–H and O–H groups in total. The molecule has 2 aromatic rings. The van der Waals surface area contributed by atoms with Gasteiger partial charge >= 0.3 is 0 Å². The average Bonchev–Trinajstić information content (AvgIpc) is 2.36. The number of halogens is 1. The van der Waals surface area contributed by atoms with E-state index in [1.807, 2.05) is 6.92 Å². The zero-order chi connectivity index (χ0) is 14.0. The molecule has 2 rings (SSSR count). The maximum atomic E-state index is 13.3. The van der Waals surface area contributed by atoms with Crippen LogP contribution in [0.15, 0.2) is 36.4 Å². The molecule has 0 aliphatic rings. The number of rotatable bonds is 3. The van der Waals surface area contributed by atoms with Crippen LogP contribution in [0.4, 0.5) is 4.39 Å². The summed E-state index contributed by atoms with van der Waals surface area (Å²) in [7, 11) is 0. The van der Waals surface area contributed by atoms with Gasteiger partial charge < -0.3 is 5.73 Å².